The zero-order valence-electron chi connectivity index (χ0n) is 10.6. The van der Waals surface area contributed by atoms with Gasteiger partial charge in [0.2, 0.25) is 5.91 Å². The lowest BCUT2D eigenvalue weighted by Crippen LogP contribution is -2.34. The Morgan fingerprint density at radius 2 is 2.00 bits per heavy atom. The van der Waals surface area contributed by atoms with Crippen LogP contribution in [0.5, 0.6) is 0 Å². The molecule has 0 atom stereocenters. The topological polar surface area (TPSA) is 75.3 Å². The third-order valence-electron chi connectivity index (χ3n) is 2.63. The summed E-state index contributed by atoms with van der Waals surface area (Å²) in [6.07, 6.45) is 4.04. The first-order valence-corrected chi connectivity index (χ1v) is 6.09. The predicted molar refractivity (Wildman–Crippen MR) is 66.0 cm³/mol. The minimum Gasteiger partial charge on any atom is -0.396 e. The lowest BCUT2D eigenvalue weighted by molar-refractivity contribution is -0.121. The molecule has 0 aliphatic heterocycles. The molecule has 0 aromatic heterocycles. The summed E-state index contributed by atoms with van der Waals surface area (Å²) in [6, 6.07) is 0. The highest BCUT2D eigenvalue weighted by atomic mass is 16.2. The van der Waals surface area contributed by atoms with Gasteiger partial charge in [0.05, 0.1) is 0 Å². The van der Waals surface area contributed by atoms with Gasteiger partial charge in [0, 0.05) is 19.6 Å². The lowest BCUT2D eigenvalue weighted by atomic mass is 9.88. The van der Waals surface area contributed by atoms with Gasteiger partial charge in [0.1, 0.15) is 0 Å². The number of amides is 1. The lowest BCUT2D eigenvalue weighted by Gasteiger charge is -2.24. The van der Waals surface area contributed by atoms with Gasteiger partial charge in [-0.1, -0.05) is 13.8 Å². The Labute approximate surface area is 98.6 Å². The molecule has 16 heavy (non-hydrogen) atoms. The van der Waals surface area contributed by atoms with E-state index in [1.165, 1.54) is 0 Å². The molecule has 4 nitrogen and oxygen atoms in total. The van der Waals surface area contributed by atoms with Crippen LogP contribution in [0.15, 0.2) is 0 Å². The molecule has 0 aromatic carbocycles. The molecule has 0 fully saturated rings. The highest BCUT2D eigenvalue weighted by Gasteiger charge is 2.17. The van der Waals surface area contributed by atoms with Crippen LogP contribution < -0.4 is 11.1 Å². The van der Waals surface area contributed by atoms with E-state index in [9.17, 15) is 4.79 Å². The fraction of sp³-hybridized carbons (Fsp3) is 0.917. The van der Waals surface area contributed by atoms with E-state index in [-0.39, 0.29) is 17.9 Å². The standard InChI is InChI=1S/C12H26N2O2/c1-12(2,7-5-9-15)10-14-11(16)6-3-4-8-13/h15H,3-10,13H2,1-2H3,(H,14,16). The molecule has 0 saturated carbocycles. The van der Waals surface area contributed by atoms with Gasteiger partial charge >= 0.3 is 0 Å². The summed E-state index contributed by atoms with van der Waals surface area (Å²) in [5.74, 6) is 0.102. The van der Waals surface area contributed by atoms with Crippen molar-refractivity contribution in [2.75, 3.05) is 19.7 Å². The normalized spacial score (nSPS) is 11.5. The number of unbranched alkanes of at least 4 members (excludes halogenated alkanes) is 1. The number of carbonyl (C=O) groups excluding carboxylic acids is 1. The minimum absolute atomic E-state index is 0.0618. The van der Waals surface area contributed by atoms with Crippen LogP contribution in [0.1, 0.15) is 46.0 Å². The van der Waals surface area contributed by atoms with Crippen molar-refractivity contribution in [1.82, 2.24) is 5.32 Å². The largest absolute Gasteiger partial charge is 0.396 e. The molecule has 0 aliphatic rings. The molecule has 0 aliphatic carbocycles. The van der Waals surface area contributed by atoms with Gasteiger partial charge in [-0.3, -0.25) is 4.79 Å². The molecule has 1 amide bonds. The average molecular weight is 230 g/mol. The van der Waals surface area contributed by atoms with Crippen molar-refractivity contribution in [2.24, 2.45) is 11.1 Å². The molecule has 0 spiro atoms. The maximum atomic E-state index is 11.4. The highest BCUT2D eigenvalue weighted by Crippen LogP contribution is 2.20. The number of hydrogen-bond acceptors (Lipinski definition) is 3. The number of aliphatic hydroxyl groups excluding tert-OH is 1. The Balaban J connectivity index is 3.64. The van der Waals surface area contributed by atoms with E-state index in [2.05, 4.69) is 19.2 Å². The highest BCUT2D eigenvalue weighted by molar-refractivity contribution is 5.75. The van der Waals surface area contributed by atoms with Crippen LogP contribution in [-0.2, 0) is 4.79 Å². The van der Waals surface area contributed by atoms with Crippen molar-refractivity contribution in [3.63, 3.8) is 0 Å². The van der Waals surface area contributed by atoms with Crippen LogP contribution >= 0.6 is 0 Å². The van der Waals surface area contributed by atoms with Gasteiger partial charge in [-0.2, -0.15) is 0 Å². The Kier molecular flexibility index (Phi) is 8.21. The van der Waals surface area contributed by atoms with Gasteiger partial charge < -0.3 is 16.2 Å². The Bertz CT molecular complexity index is 193. The van der Waals surface area contributed by atoms with E-state index in [0.717, 1.165) is 25.7 Å². The van der Waals surface area contributed by atoms with Crippen LogP contribution in [-0.4, -0.2) is 30.7 Å². The SMILES string of the molecule is CC(C)(CCCO)CNC(=O)CCCCN. The summed E-state index contributed by atoms with van der Waals surface area (Å²) >= 11 is 0. The molecule has 0 saturated heterocycles. The van der Waals surface area contributed by atoms with Gasteiger partial charge in [-0.15, -0.1) is 0 Å². The number of carbonyl (C=O) groups is 1. The first-order valence-electron chi connectivity index (χ1n) is 6.09. The number of hydrogen-bond donors (Lipinski definition) is 3. The third kappa shape index (κ3) is 8.68. The van der Waals surface area contributed by atoms with Crippen LogP contribution in [0, 0.1) is 5.41 Å². The van der Waals surface area contributed by atoms with E-state index in [4.69, 9.17) is 10.8 Å². The van der Waals surface area contributed by atoms with E-state index in [1.54, 1.807) is 0 Å². The zero-order chi connectivity index (χ0) is 12.4. The van der Waals surface area contributed by atoms with Crippen molar-refractivity contribution in [3.8, 4) is 0 Å². The molecule has 0 heterocycles. The third-order valence-corrected chi connectivity index (χ3v) is 2.63. The maximum Gasteiger partial charge on any atom is 0.220 e. The molecule has 0 radical (unpaired) electrons. The van der Waals surface area contributed by atoms with Crippen molar-refractivity contribution < 1.29 is 9.90 Å². The molecule has 0 aromatic rings. The Morgan fingerprint density at radius 3 is 2.56 bits per heavy atom. The zero-order valence-corrected chi connectivity index (χ0v) is 10.6. The molecule has 4 heteroatoms. The Morgan fingerprint density at radius 1 is 1.31 bits per heavy atom. The average Bonchev–Trinajstić information content (AvgIpc) is 2.24. The van der Waals surface area contributed by atoms with Crippen molar-refractivity contribution >= 4 is 5.91 Å². The Hall–Kier alpha value is -0.610. The second-order valence-electron chi connectivity index (χ2n) is 5.01. The van der Waals surface area contributed by atoms with Crippen molar-refractivity contribution in [2.45, 2.75) is 46.0 Å². The van der Waals surface area contributed by atoms with E-state index in [0.29, 0.717) is 19.5 Å². The second-order valence-corrected chi connectivity index (χ2v) is 5.01. The number of nitrogens with two attached hydrogens (primary N) is 1. The molecular weight excluding hydrogens is 204 g/mol. The first kappa shape index (κ1) is 15.4. The summed E-state index contributed by atoms with van der Waals surface area (Å²) in [4.78, 5) is 11.4. The molecular formula is C12H26N2O2. The number of rotatable bonds is 9. The van der Waals surface area contributed by atoms with Gasteiger partial charge in [0.25, 0.3) is 0 Å². The number of nitrogens with one attached hydrogen (secondary N) is 1. The van der Waals surface area contributed by atoms with Gasteiger partial charge in [0.15, 0.2) is 0 Å². The first-order chi connectivity index (χ1) is 7.52. The summed E-state index contributed by atoms with van der Waals surface area (Å²) in [6.45, 7) is 5.74. The molecule has 0 unspecified atom stereocenters. The maximum absolute atomic E-state index is 11.4. The van der Waals surface area contributed by atoms with Crippen LogP contribution in [0.2, 0.25) is 0 Å². The summed E-state index contributed by atoms with van der Waals surface area (Å²) < 4.78 is 0. The molecule has 0 rings (SSSR count). The summed E-state index contributed by atoms with van der Waals surface area (Å²) in [5, 5.41) is 11.7. The van der Waals surface area contributed by atoms with Gasteiger partial charge in [-0.25, -0.2) is 0 Å². The van der Waals surface area contributed by atoms with E-state index in [1.807, 2.05) is 0 Å². The number of aliphatic hydroxyl groups is 1. The van der Waals surface area contributed by atoms with Crippen LogP contribution in [0.4, 0.5) is 0 Å². The summed E-state index contributed by atoms with van der Waals surface area (Å²) in [7, 11) is 0. The van der Waals surface area contributed by atoms with Crippen molar-refractivity contribution in [1.29, 1.82) is 0 Å². The fourth-order valence-corrected chi connectivity index (χ4v) is 1.50. The monoisotopic (exact) mass is 230 g/mol. The van der Waals surface area contributed by atoms with Gasteiger partial charge in [-0.05, 0) is 37.6 Å². The quantitative estimate of drug-likeness (QED) is 0.518. The van der Waals surface area contributed by atoms with Crippen LogP contribution in [0.25, 0.3) is 0 Å². The minimum atomic E-state index is 0.0618. The van der Waals surface area contributed by atoms with Crippen LogP contribution in [0.3, 0.4) is 0 Å². The molecule has 96 valence electrons. The molecule has 0 bridgehead atoms. The fourth-order valence-electron chi connectivity index (χ4n) is 1.50. The molecule has 4 N–H and O–H groups in total. The smallest absolute Gasteiger partial charge is 0.220 e. The summed E-state index contributed by atoms with van der Waals surface area (Å²) in [5.41, 5.74) is 5.42. The van der Waals surface area contributed by atoms with E-state index >= 15 is 0 Å². The van der Waals surface area contributed by atoms with E-state index < -0.39 is 0 Å². The predicted octanol–water partition coefficient (Wildman–Crippen LogP) is 1.03. The second kappa shape index (κ2) is 8.53. The van der Waals surface area contributed by atoms with Crippen molar-refractivity contribution in [3.05, 3.63) is 0 Å².